The van der Waals surface area contributed by atoms with Gasteiger partial charge in [-0.25, -0.2) is 4.39 Å². The van der Waals surface area contributed by atoms with E-state index in [0.717, 1.165) is 0 Å². The number of rotatable bonds is 5. The number of aryl methyl sites for hydroxylation is 1. The minimum atomic E-state index is -4.58. The van der Waals surface area contributed by atoms with Crippen molar-refractivity contribution in [1.82, 2.24) is 15.1 Å². The van der Waals surface area contributed by atoms with E-state index in [1.165, 1.54) is 35.9 Å². The summed E-state index contributed by atoms with van der Waals surface area (Å²) in [6, 6.07) is 5.68. The number of benzene rings is 1. The lowest BCUT2D eigenvalue weighted by molar-refractivity contribution is -0.141. The van der Waals surface area contributed by atoms with E-state index >= 15 is 0 Å². The van der Waals surface area contributed by atoms with Gasteiger partial charge in [-0.1, -0.05) is 11.6 Å². The molecule has 0 aliphatic rings. The Morgan fingerprint density at radius 2 is 1.92 bits per heavy atom. The average molecular weight is 395 g/mol. The molecular formula is C15H15ClF4N4S. The molecule has 0 unspecified atom stereocenters. The molecular weight excluding hydrogens is 380 g/mol. The summed E-state index contributed by atoms with van der Waals surface area (Å²) in [7, 11) is 0. The van der Waals surface area contributed by atoms with Crippen molar-refractivity contribution in [3.63, 3.8) is 0 Å². The molecule has 0 amide bonds. The number of alkyl halides is 3. The van der Waals surface area contributed by atoms with Crippen LogP contribution in [0.2, 0.25) is 5.02 Å². The molecule has 0 saturated heterocycles. The molecule has 0 saturated carbocycles. The predicted octanol–water partition coefficient (Wildman–Crippen LogP) is 4.38. The Kier molecular flexibility index (Phi) is 6.23. The van der Waals surface area contributed by atoms with Gasteiger partial charge in [-0.05, 0) is 49.8 Å². The highest BCUT2D eigenvalue weighted by Gasteiger charge is 2.38. The second kappa shape index (κ2) is 8.01. The summed E-state index contributed by atoms with van der Waals surface area (Å²) in [5, 5.41) is 9.26. The van der Waals surface area contributed by atoms with Gasteiger partial charge in [-0.3, -0.25) is 4.68 Å². The fourth-order valence-electron chi connectivity index (χ4n) is 2.06. The zero-order valence-corrected chi connectivity index (χ0v) is 14.7. The molecule has 0 bridgehead atoms. The molecule has 2 rings (SSSR count). The van der Waals surface area contributed by atoms with E-state index in [0.29, 0.717) is 23.8 Å². The van der Waals surface area contributed by atoms with Gasteiger partial charge in [-0.15, -0.1) is 0 Å². The quantitative estimate of drug-likeness (QED) is 0.448. The van der Waals surface area contributed by atoms with Gasteiger partial charge in [0.25, 0.3) is 0 Å². The number of nitrogens with zero attached hydrogens (tertiary/aromatic N) is 2. The molecule has 0 radical (unpaired) electrons. The number of halogens is 5. The molecule has 0 aliphatic heterocycles. The maximum absolute atomic E-state index is 12.8. The smallest absolute Gasteiger partial charge is 0.362 e. The second-order valence-electron chi connectivity index (χ2n) is 5.21. The highest BCUT2D eigenvalue weighted by atomic mass is 35.5. The molecule has 2 aromatic rings. The third kappa shape index (κ3) is 5.30. The molecule has 1 heterocycles. The van der Waals surface area contributed by atoms with Crippen molar-refractivity contribution in [3.8, 4) is 0 Å². The van der Waals surface area contributed by atoms with Crippen molar-refractivity contribution in [2.24, 2.45) is 0 Å². The van der Waals surface area contributed by atoms with Gasteiger partial charge in [0.2, 0.25) is 0 Å². The topological polar surface area (TPSA) is 41.9 Å². The van der Waals surface area contributed by atoms with Crippen molar-refractivity contribution in [1.29, 1.82) is 0 Å². The Morgan fingerprint density at radius 1 is 1.28 bits per heavy atom. The average Bonchev–Trinajstić information content (AvgIpc) is 2.82. The van der Waals surface area contributed by atoms with E-state index in [1.54, 1.807) is 0 Å². The molecule has 4 nitrogen and oxygen atoms in total. The van der Waals surface area contributed by atoms with Crippen molar-refractivity contribution in [3.05, 3.63) is 46.5 Å². The number of anilines is 1. The Labute approximate surface area is 152 Å². The van der Waals surface area contributed by atoms with Crippen molar-refractivity contribution in [2.75, 3.05) is 11.9 Å². The van der Waals surface area contributed by atoms with E-state index in [9.17, 15) is 17.6 Å². The van der Waals surface area contributed by atoms with Crippen molar-refractivity contribution in [2.45, 2.75) is 26.1 Å². The molecule has 136 valence electrons. The monoisotopic (exact) mass is 394 g/mol. The fraction of sp³-hybridized carbons (Fsp3) is 0.333. The highest BCUT2D eigenvalue weighted by molar-refractivity contribution is 7.80. The van der Waals surface area contributed by atoms with E-state index in [4.69, 9.17) is 23.8 Å². The Bertz CT molecular complexity index is 743. The Balaban J connectivity index is 1.81. The minimum absolute atomic E-state index is 0.258. The standard InChI is InChI=1S/C15H15ClF4N4S/c1-9-12(16)13(15(18,19)20)23-24(9)8-2-7-21-14(25)22-11-5-3-10(17)4-6-11/h3-6H,2,7-8H2,1H3,(H2,21,22,25). The highest BCUT2D eigenvalue weighted by Crippen LogP contribution is 2.35. The van der Waals surface area contributed by atoms with E-state index in [2.05, 4.69) is 15.7 Å². The van der Waals surface area contributed by atoms with Gasteiger partial charge in [0.15, 0.2) is 10.8 Å². The van der Waals surface area contributed by atoms with Crippen molar-refractivity contribution >= 4 is 34.6 Å². The zero-order chi connectivity index (χ0) is 18.6. The van der Waals surface area contributed by atoms with Crippen LogP contribution in [-0.2, 0) is 12.7 Å². The number of aromatic nitrogens is 2. The van der Waals surface area contributed by atoms with Crippen LogP contribution in [0.4, 0.5) is 23.2 Å². The van der Waals surface area contributed by atoms with Crippen LogP contribution in [0.3, 0.4) is 0 Å². The lowest BCUT2D eigenvalue weighted by Crippen LogP contribution is -2.29. The Hall–Kier alpha value is -1.87. The molecule has 0 atom stereocenters. The first-order valence-corrected chi connectivity index (χ1v) is 8.07. The largest absolute Gasteiger partial charge is 0.436 e. The molecule has 25 heavy (non-hydrogen) atoms. The van der Waals surface area contributed by atoms with Crippen LogP contribution in [0.25, 0.3) is 0 Å². The molecule has 0 fully saturated rings. The molecule has 1 aromatic carbocycles. The minimum Gasteiger partial charge on any atom is -0.362 e. The predicted molar refractivity (Wildman–Crippen MR) is 92.2 cm³/mol. The third-order valence-electron chi connectivity index (χ3n) is 3.34. The number of nitrogens with one attached hydrogen (secondary N) is 2. The molecule has 2 N–H and O–H groups in total. The zero-order valence-electron chi connectivity index (χ0n) is 13.1. The van der Waals surface area contributed by atoms with Crippen LogP contribution < -0.4 is 10.6 Å². The van der Waals surface area contributed by atoms with Crippen LogP contribution in [0.5, 0.6) is 0 Å². The van der Waals surface area contributed by atoms with Gasteiger partial charge in [0, 0.05) is 18.8 Å². The summed E-state index contributed by atoms with van der Waals surface area (Å²) >= 11 is 10.8. The number of hydrogen-bond acceptors (Lipinski definition) is 2. The number of thiocarbonyl (C=S) groups is 1. The van der Waals surface area contributed by atoms with Gasteiger partial charge in [0.1, 0.15) is 5.82 Å². The van der Waals surface area contributed by atoms with E-state index < -0.39 is 11.9 Å². The molecule has 10 heteroatoms. The molecule has 0 aliphatic carbocycles. The third-order valence-corrected chi connectivity index (χ3v) is 4.04. The normalized spacial score (nSPS) is 11.4. The maximum Gasteiger partial charge on any atom is 0.436 e. The van der Waals surface area contributed by atoms with Gasteiger partial charge < -0.3 is 10.6 Å². The van der Waals surface area contributed by atoms with Gasteiger partial charge in [-0.2, -0.15) is 18.3 Å². The molecule has 1 aromatic heterocycles. The molecule has 0 spiro atoms. The Morgan fingerprint density at radius 3 is 2.48 bits per heavy atom. The van der Waals surface area contributed by atoms with Gasteiger partial charge in [0.05, 0.1) is 10.7 Å². The summed E-state index contributed by atoms with van der Waals surface area (Å²) in [6.45, 7) is 2.16. The maximum atomic E-state index is 12.8. The number of hydrogen-bond donors (Lipinski definition) is 2. The van der Waals surface area contributed by atoms with Gasteiger partial charge >= 0.3 is 6.18 Å². The fourth-order valence-corrected chi connectivity index (χ4v) is 2.52. The van der Waals surface area contributed by atoms with E-state index in [1.807, 2.05) is 0 Å². The summed E-state index contributed by atoms with van der Waals surface area (Å²) in [6.07, 6.45) is -4.09. The van der Waals surface area contributed by atoms with Crippen LogP contribution in [-0.4, -0.2) is 21.4 Å². The summed E-state index contributed by atoms with van der Waals surface area (Å²) < 4.78 is 52.3. The van der Waals surface area contributed by atoms with E-state index in [-0.39, 0.29) is 23.1 Å². The SMILES string of the molecule is Cc1c(Cl)c(C(F)(F)F)nn1CCCNC(=S)Nc1ccc(F)cc1. The van der Waals surface area contributed by atoms with Crippen LogP contribution in [0.1, 0.15) is 17.8 Å². The first-order valence-electron chi connectivity index (χ1n) is 7.29. The summed E-state index contributed by atoms with van der Waals surface area (Å²) in [5.41, 5.74) is -0.183. The first kappa shape index (κ1) is 19.5. The second-order valence-corrected chi connectivity index (χ2v) is 6.00. The summed E-state index contributed by atoms with van der Waals surface area (Å²) in [4.78, 5) is 0. The summed E-state index contributed by atoms with van der Waals surface area (Å²) in [5.74, 6) is -0.351. The first-order chi connectivity index (χ1) is 11.7. The lowest BCUT2D eigenvalue weighted by Gasteiger charge is -2.11. The van der Waals surface area contributed by atoms with Crippen molar-refractivity contribution < 1.29 is 17.6 Å². The van der Waals surface area contributed by atoms with Crippen LogP contribution >= 0.6 is 23.8 Å². The van der Waals surface area contributed by atoms with Crippen LogP contribution in [0.15, 0.2) is 24.3 Å². The lowest BCUT2D eigenvalue weighted by atomic mass is 10.3. The van der Waals surface area contributed by atoms with Crippen LogP contribution in [0, 0.1) is 12.7 Å².